The van der Waals surface area contributed by atoms with Gasteiger partial charge in [0, 0.05) is 0 Å². The number of nitrogens with zero attached hydrogens (tertiary/aromatic N) is 1. The molecule has 15 heavy (non-hydrogen) atoms. The van der Waals surface area contributed by atoms with Gasteiger partial charge in [-0.15, -0.1) is 0 Å². The van der Waals surface area contributed by atoms with E-state index in [-0.39, 0.29) is 5.92 Å². The second-order valence-electron chi connectivity index (χ2n) is 3.75. The van der Waals surface area contributed by atoms with Crippen molar-refractivity contribution in [3.8, 4) is 6.07 Å². The zero-order chi connectivity index (χ0) is 11.5. The molecular formula is C12H13NO2. The van der Waals surface area contributed by atoms with Crippen LogP contribution in [0.3, 0.4) is 0 Å². The third-order valence-electron chi connectivity index (χ3n) is 2.61. The predicted molar refractivity (Wildman–Crippen MR) is 56.2 cm³/mol. The average Bonchev–Trinajstić information content (AvgIpc) is 2.20. The fraction of sp³-hybridized carbons (Fsp3) is 0.333. The van der Waals surface area contributed by atoms with Crippen LogP contribution >= 0.6 is 0 Å². The summed E-state index contributed by atoms with van der Waals surface area (Å²) in [7, 11) is 0. The smallest absolute Gasteiger partial charge is 0.328 e. The summed E-state index contributed by atoms with van der Waals surface area (Å²) >= 11 is 0. The molecule has 0 heterocycles. The van der Waals surface area contributed by atoms with Gasteiger partial charge in [-0.2, -0.15) is 5.26 Å². The highest BCUT2D eigenvalue weighted by molar-refractivity contribution is 5.85. The third kappa shape index (κ3) is 1.71. The van der Waals surface area contributed by atoms with E-state index in [0.717, 1.165) is 0 Å². The number of hydrogen-bond donors (Lipinski definition) is 1. The van der Waals surface area contributed by atoms with Gasteiger partial charge < -0.3 is 5.11 Å². The van der Waals surface area contributed by atoms with Gasteiger partial charge in [-0.05, 0) is 11.5 Å². The molecule has 0 aromatic heterocycles. The minimum atomic E-state index is -1.44. The van der Waals surface area contributed by atoms with Gasteiger partial charge in [0.05, 0.1) is 6.07 Å². The number of rotatable bonds is 3. The van der Waals surface area contributed by atoms with E-state index in [9.17, 15) is 9.90 Å². The molecule has 78 valence electrons. The van der Waals surface area contributed by atoms with Gasteiger partial charge in [0.1, 0.15) is 0 Å². The lowest BCUT2D eigenvalue weighted by Gasteiger charge is -2.26. The molecule has 0 aliphatic heterocycles. The van der Waals surface area contributed by atoms with Crippen molar-refractivity contribution < 1.29 is 9.90 Å². The van der Waals surface area contributed by atoms with Crippen LogP contribution in [0.15, 0.2) is 30.3 Å². The monoisotopic (exact) mass is 203 g/mol. The van der Waals surface area contributed by atoms with Crippen LogP contribution in [0.2, 0.25) is 0 Å². The topological polar surface area (TPSA) is 61.1 Å². The Labute approximate surface area is 89.0 Å². The summed E-state index contributed by atoms with van der Waals surface area (Å²) in [6, 6.07) is 10.6. The fourth-order valence-corrected chi connectivity index (χ4v) is 1.65. The summed E-state index contributed by atoms with van der Waals surface area (Å²) in [4.78, 5) is 11.3. The van der Waals surface area contributed by atoms with Crippen molar-refractivity contribution >= 4 is 5.97 Å². The molecule has 1 rings (SSSR count). The molecule has 3 heteroatoms. The molecule has 0 amide bonds. The van der Waals surface area contributed by atoms with Crippen LogP contribution in [0.25, 0.3) is 0 Å². The van der Waals surface area contributed by atoms with E-state index < -0.39 is 11.4 Å². The van der Waals surface area contributed by atoms with Gasteiger partial charge in [-0.3, -0.25) is 4.79 Å². The first kappa shape index (κ1) is 11.3. The summed E-state index contributed by atoms with van der Waals surface area (Å²) in [6.07, 6.45) is 0. The highest BCUT2D eigenvalue weighted by Crippen LogP contribution is 2.31. The largest absolute Gasteiger partial charge is 0.480 e. The van der Waals surface area contributed by atoms with E-state index in [1.807, 2.05) is 6.07 Å². The molecule has 1 aromatic carbocycles. The lowest BCUT2D eigenvalue weighted by atomic mass is 9.73. The van der Waals surface area contributed by atoms with E-state index in [1.165, 1.54) is 0 Å². The first-order chi connectivity index (χ1) is 7.05. The molecule has 1 atom stereocenters. The van der Waals surface area contributed by atoms with Crippen molar-refractivity contribution in [2.45, 2.75) is 19.3 Å². The SMILES string of the molecule is CC(C)[C@](C#N)(C(=O)O)c1ccccc1. The molecule has 0 aliphatic rings. The zero-order valence-electron chi connectivity index (χ0n) is 8.77. The molecule has 1 N–H and O–H groups in total. The summed E-state index contributed by atoms with van der Waals surface area (Å²) in [6.45, 7) is 3.48. The predicted octanol–water partition coefficient (Wildman–Crippen LogP) is 2.19. The van der Waals surface area contributed by atoms with Crippen LogP contribution in [-0.2, 0) is 10.2 Å². The Kier molecular flexibility index (Phi) is 3.11. The summed E-state index contributed by atoms with van der Waals surface area (Å²) in [5, 5.41) is 18.4. The maximum atomic E-state index is 11.3. The molecule has 0 fully saturated rings. The van der Waals surface area contributed by atoms with Gasteiger partial charge >= 0.3 is 5.97 Å². The lowest BCUT2D eigenvalue weighted by molar-refractivity contribution is -0.143. The van der Waals surface area contributed by atoms with Gasteiger partial charge in [0.2, 0.25) is 0 Å². The molecular weight excluding hydrogens is 190 g/mol. The normalized spacial score (nSPS) is 14.3. The Morgan fingerprint density at radius 3 is 2.27 bits per heavy atom. The van der Waals surface area contributed by atoms with E-state index in [0.29, 0.717) is 5.56 Å². The number of aliphatic carboxylic acids is 1. The average molecular weight is 203 g/mol. The van der Waals surface area contributed by atoms with Gasteiger partial charge in [0.15, 0.2) is 5.41 Å². The van der Waals surface area contributed by atoms with Crippen molar-refractivity contribution in [2.24, 2.45) is 5.92 Å². The Bertz CT molecular complexity index is 392. The Morgan fingerprint density at radius 1 is 1.40 bits per heavy atom. The number of benzene rings is 1. The molecule has 0 aliphatic carbocycles. The highest BCUT2D eigenvalue weighted by atomic mass is 16.4. The van der Waals surface area contributed by atoms with Gasteiger partial charge in [-0.25, -0.2) is 0 Å². The number of carbonyl (C=O) groups is 1. The Morgan fingerprint density at radius 2 is 1.93 bits per heavy atom. The van der Waals surface area contributed by atoms with Crippen LogP contribution in [0.4, 0.5) is 0 Å². The second kappa shape index (κ2) is 4.14. The van der Waals surface area contributed by atoms with Gasteiger partial charge in [0.25, 0.3) is 0 Å². The molecule has 1 aromatic rings. The van der Waals surface area contributed by atoms with Crippen molar-refractivity contribution in [1.82, 2.24) is 0 Å². The van der Waals surface area contributed by atoms with Gasteiger partial charge in [-0.1, -0.05) is 44.2 Å². The fourth-order valence-electron chi connectivity index (χ4n) is 1.65. The van der Waals surface area contributed by atoms with Crippen LogP contribution in [-0.4, -0.2) is 11.1 Å². The van der Waals surface area contributed by atoms with Crippen molar-refractivity contribution in [3.05, 3.63) is 35.9 Å². The molecule has 0 spiro atoms. The summed E-state index contributed by atoms with van der Waals surface area (Å²) in [5.41, 5.74) is -0.906. The lowest BCUT2D eigenvalue weighted by Crippen LogP contribution is -2.39. The standard InChI is InChI=1S/C12H13NO2/c1-9(2)12(8-13,11(14)15)10-6-4-3-5-7-10/h3-7,9H,1-2H3,(H,14,15)/t12-/m0/s1. The number of nitriles is 1. The number of carboxylic acid groups (broad SMARTS) is 1. The third-order valence-corrected chi connectivity index (χ3v) is 2.61. The van der Waals surface area contributed by atoms with Crippen LogP contribution < -0.4 is 0 Å². The minimum absolute atomic E-state index is 0.276. The zero-order valence-corrected chi connectivity index (χ0v) is 8.77. The van der Waals surface area contributed by atoms with Crippen LogP contribution in [0, 0.1) is 17.2 Å². The molecule has 3 nitrogen and oxygen atoms in total. The van der Waals surface area contributed by atoms with E-state index in [2.05, 4.69) is 0 Å². The van der Waals surface area contributed by atoms with Crippen LogP contribution in [0.1, 0.15) is 19.4 Å². The first-order valence-corrected chi connectivity index (χ1v) is 4.76. The molecule has 0 unspecified atom stereocenters. The number of carboxylic acids is 1. The molecule has 0 saturated carbocycles. The second-order valence-corrected chi connectivity index (χ2v) is 3.75. The number of hydrogen-bond acceptors (Lipinski definition) is 2. The molecule has 0 bridgehead atoms. The van der Waals surface area contributed by atoms with Crippen molar-refractivity contribution in [3.63, 3.8) is 0 Å². The summed E-state index contributed by atoms with van der Waals surface area (Å²) < 4.78 is 0. The van der Waals surface area contributed by atoms with Crippen molar-refractivity contribution in [1.29, 1.82) is 5.26 Å². The molecule has 0 radical (unpaired) electrons. The minimum Gasteiger partial charge on any atom is -0.480 e. The van der Waals surface area contributed by atoms with E-state index in [1.54, 1.807) is 44.2 Å². The van der Waals surface area contributed by atoms with Crippen LogP contribution in [0.5, 0.6) is 0 Å². The molecule has 0 saturated heterocycles. The van der Waals surface area contributed by atoms with E-state index >= 15 is 0 Å². The quantitative estimate of drug-likeness (QED) is 0.819. The highest BCUT2D eigenvalue weighted by Gasteiger charge is 2.43. The maximum Gasteiger partial charge on any atom is 0.328 e. The Hall–Kier alpha value is -1.82. The Balaban J connectivity index is 3.37. The van der Waals surface area contributed by atoms with Crippen molar-refractivity contribution in [2.75, 3.05) is 0 Å². The summed E-state index contributed by atoms with van der Waals surface area (Å²) in [5.74, 6) is -1.37. The maximum absolute atomic E-state index is 11.3. The van der Waals surface area contributed by atoms with E-state index in [4.69, 9.17) is 5.26 Å². The first-order valence-electron chi connectivity index (χ1n) is 4.76.